The minimum absolute atomic E-state index is 0.00221. The Labute approximate surface area is 150 Å². The summed E-state index contributed by atoms with van der Waals surface area (Å²) in [7, 11) is 3.49. The van der Waals surface area contributed by atoms with Crippen LogP contribution in [0.5, 0.6) is 0 Å². The fourth-order valence-corrected chi connectivity index (χ4v) is 2.76. The molecule has 1 aliphatic rings. The minimum atomic E-state index is 0.00221. The van der Waals surface area contributed by atoms with Gasteiger partial charge in [0.25, 0.3) is 0 Å². The van der Waals surface area contributed by atoms with Crippen molar-refractivity contribution in [1.29, 1.82) is 0 Å². The number of guanidine groups is 1. The van der Waals surface area contributed by atoms with Crippen molar-refractivity contribution >= 4 is 11.9 Å². The number of aromatic nitrogens is 1. The van der Waals surface area contributed by atoms with E-state index >= 15 is 0 Å². The third kappa shape index (κ3) is 6.70. The minimum Gasteiger partial charge on any atom is -0.357 e. The zero-order valence-corrected chi connectivity index (χ0v) is 15.5. The Morgan fingerprint density at radius 1 is 1.36 bits per heavy atom. The topological polar surface area (TPSA) is 72.9 Å². The van der Waals surface area contributed by atoms with E-state index in [2.05, 4.69) is 31.6 Å². The van der Waals surface area contributed by atoms with Crippen molar-refractivity contribution in [2.45, 2.75) is 32.4 Å². The third-order valence-corrected chi connectivity index (χ3v) is 4.26. The first-order valence-electron chi connectivity index (χ1n) is 8.95. The molecular weight excluding hydrogens is 316 g/mol. The van der Waals surface area contributed by atoms with E-state index in [-0.39, 0.29) is 12.5 Å². The highest BCUT2D eigenvalue weighted by Crippen LogP contribution is 2.12. The number of nitrogens with zero attached hydrogens (tertiary/aromatic N) is 4. The number of carbonyl (C=O) groups is 1. The first-order valence-corrected chi connectivity index (χ1v) is 8.95. The zero-order chi connectivity index (χ0) is 18.1. The van der Waals surface area contributed by atoms with Crippen molar-refractivity contribution in [2.75, 3.05) is 40.3 Å². The molecule has 1 fully saturated rings. The van der Waals surface area contributed by atoms with Gasteiger partial charge in [-0.1, -0.05) is 6.07 Å². The van der Waals surface area contributed by atoms with Crippen molar-refractivity contribution in [3.63, 3.8) is 0 Å². The Kier molecular flexibility index (Phi) is 7.66. The molecule has 0 bridgehead atoms. The number of hydrogen-bond donors (Lipinski definition) is 2. The van der Waals surface area contributed by atoms with E-state index in [4.69, 9.17) is 0 Å². The van der Waals surface area contributed by atoms with Crippen LogP contribution in [-0.4, -0.2) is 73.0 Å². The van der Waals surface area contributed by atoms with Crippen molar-refractivity contribution < 1.29 is 4.79 Å². The van der Waals surface area contributed by atoms with Crippen LogP contribution in [0.25, 0.3) is 0 Å². The Morgan fingerprint density at radius 2 is 2.12 bits per heavy atom. The van der Waals surface area contributed by atoms with Gasteiger partial charge >= 0.3 is 0 Å². The van der Waals surface area contributed by atoms with Crippen LogP contribution in [0.1, 0.15) is 25.5 Å². The number of likely N-dealkylation sites (tertiary alicyclic amines) is 1. The van der Waals surface area contributed by atoms with Gasteiger partial charge in [0.2, 0.25) is 5.91 Å². The molecule has 1 aromatic heterocycles. The second-order valence-electron chi connectivity index (χ2n) is 6.50. The lowest BCUT2D eigenvalue weighted by Crippen LogP contribution is -2.48. The summed E-state index contributed by atoms with van der Waals surface area (Å²) in [5, 5.41) is 6.68. The molecule has 1 aliphatic heterocycles. The van der Waals surface area contributed by atoms with E-state index in [0.29, 0.717) is 6.04 Å². The van der Waals surface area contributed by atoms with Crippen LogP contribution < -0.4 is 10.6 Å². The molecule has 1 saturated heterocycles. The van der Waals surface area contributed by atoms with Crippen molar-refractivity contribution in [3.8, 4) is 0 Å². The number of hydrogen-bond acceptors (Lipinski definition) is 4. The monoisotopic (exact) mass is 346 g/mol. The van der Waals surface area contributed by atoms with Crippen LogP contribution in [0.4, 0.5) is 0 Å². The molecule has 1 aromatic rings. The Hall–Kier alpha value is -2.15. The first-order chi connectivity index (χ1) is 12.1. The molecule has 25 heavy (non-hydrogen) atoms. The van der Waals surface area contributed by atoms with E-state index in [1.165, 1.54) is 0 Å². The lowest BCUT2D eigenvalue weighted by Gasteiger charge is -2.32. The van der Waals surface area contributed by atoms with Gasteiger partial charge in [-0.25, -0.2) is 4.99 Å². The Balaban J connectivity index is 1.80. The maximum atomic E-state index is 11.7. The average Bonchev–Trinajstić information content (AvgIpc) is 2.62. The molecule has 0 spiro atoms. The highest BCUT2D eigenvalue weighted by molar-refractivity contribution is 5.84. The van der Waals surface area contributed by atoms with E-state index < -0.39 is 0 Å². The standard InChI is InChI=1S/C18H30N6O/c1-4-19-18(21-13-17(25)23(2)3)22-15-8-11-24(12-9-15)14-16-7-5-6-10-20-16/h5-7,10,15H,4,8-9,11-14H2,1-3H3,(H2,19,21,22). The molecular formula is C18H30N6O. The number of piperidine rings is 1. The number of carbonyl (C=O) groups excluding carboxylic acids is 1. The molecule has 0 saturated carbocycles. The molecule has 138 valence electrons. The van der Waals surface area contributed by atoms with Gasteiger partial charge in [-0.3, -0.25) is 14.7 Å². The number of aliphatic imine (C=N–C) groups is 1. The average molecular weight is 346 g/mol. The van der Waals surface area contributed by atoms with E-state index in [1.54, 1.807) is 19.0 Å². The predicted octanol–water partition coefficient (Wildman–Crippen LogP) is 0.689. The lowest BCUT2D eigenvalue weighted by molar-refractivity contribution is -0.127. The summed E-state index contributed by atoms with van der Waals surface area (Å²) >= 11 is 0. The number of pyridine rings is 1. The molecule has 7 heteroatoms. The Morgan fingerprint density at radius 3 is 2.72 bits per heavy atom. The number of rotatable bonds is 6. The van der Waals surface area contributed by atoms with Gasteiger partial charge < -0.3 is 15.5 Å². The van der Waals surface area contributed by atoms with Crippen molar-refractivity contribution in [1.82, 2.24) is 25.4 Å². The van der Waals surface area contributed by atoms with Crippen LogP contribution >= 0.6 is 0 Å². The molecule has 1 amide bonds. The quantitative estimate of drug-likeness (QED) is 0.586. The summed E-state index contributed by atoms with van der Waals surface area (Å²) in [6.07, 6.45) is 3.95. The summed E-state index contributed by atoms with van der Waals surface area (Å²) < 4.78 is 0. The molecule has 0 unspecified atom stereocenters. The molecule has 7 nitrogen and oxygen atoms in total. The molecule has 2 rings (SSSR count). The van der Waals surface area contributed by atoms with Crippen molar-refractivity contribution in [3.05, 3.63) is 30.1 Å². The normalized spacial score (nSPS) is 16.5. The first kappa shape index (κ1) is 19.2. The van der Waals surface area contributed by atoms with Gasteiger partial charge in [0, 0.05) is 52.5 Å². The van der Waals surface area contributed by atoms with Crippen LogP contribution in [0.3, 0.4) is 0 Å². The fraction of sp³-hybridized carbons (Fsp3) is 0.611. The summed E-state index contributed by atoms with van der Waals surface area (Å²) in [6, 6.07) is 6.43. The van der Waals surface area contributed by atoms with Crippen molar-refractivity contribution in [2.24, 2.45) is 4.99 Å². The van der Waals surface area contributed by atoms with Crippen LogP contribution in [0.15, 0.2) is 29.4 Å². The molecule has 0 aromatic carbocycles. The second-order valence-corrected chi connectivity index (χ2v) is 6.50. The number of nitrogens with one attached hydrogen (secondary N) is 2. The number of amides is 1. The van der Waals surface area contributed by atoms with Gasteiger partial charge in [-0.15, -0.1) is 0 Å². The van der Waals surface area contributed by atoms with E-state index in [9.17, 15) is 4.79 Å². The highest BCUT2D eigenvalue weighted by Gasteiger charge is 2.20. The van der Waals surface area contributed by atoms with Gasteiger partial charge in [0.15, 0.2) is 5.96 Å². The van der Waals surface area contributed by atoms with Crippen LogP contribution in [0, 0.1) is 0 Å². The smallest absolute Gasteiger partial charge is 0.243 e. The van der Waals surface area contributed by atoms with Crippen LogP contribution in [-0.2, 0) is 11.3 Å². The molecule has 0 aliphatic carbocycles. The lowest BCUT2D eigenvalue weighted by atomic mass is 10.0. The summed E-state index contributed by atoms with van der Waals surface area (Å²) in [4.78, 5) is 24.5. The van der Waals surface area contributed by atoms with Gasteiger partial charge in [-0.05, 0) is 31.9 Å². The predicted molar refractivity (Wildman–Crippen MR) is 100 cm³/mol. The molecule has 0 atom stereocenters. The maximum Gasteiger partial charge on any atom is 0.243 e. The SMILES string of the molecule is CCNC(=NCC(=O)N(C)C)NC1CCN(Cc2ccccn2)CC1. The third-order valence-electron chi connectivity index (χ3n) is 4.26. The van der Waals surface area contributed by atoms with Gasteiger partial charge in [0.1, 0.15) is 6.54 Å². The van der Waals surface area contributed by atoms with Crippen LogP contribution in [0.2, 0.25) is 0 Å². The zero-order valence-electron chi connectivity index (χ0n) is 15.5. The highest BCUT2D eigenvalue weighted by atomic mass is 16.2. The van der Waals surface area contributed by atoms with Gasteiger partial charge in [-0.2, -0.15) is 0 Å². The van der Waals surface area contributed by atoms with E-state index in [0.717, 1.165) is 50.7 Å². The number of likely N-dealkylation sites (N-methyl/N-ethyl adjacent to an activating group) is 1. The Bertz CT molecular complexity index is 552. The largest absolute Gasteiger partial charge is 0.357 e. The molecule has 2 N–H and O–H groups in total. The fourth-order valence-electron chi connectivity index (χ4n) is 2.76. The molecule has 0 radical (unpaired) electrons. The second kappa shape index (κ2) is 9.98. The summed E-state index contributed by atoms with van der Waals surface area (Å²) in [5.41, 5.74) is 1.12. The van der Waals surface area contributed by atoms with Gasteiger partial charge in [0.05, 0.1) is 5.69 Å². The molecule has 2 heterocycles. The van der Waals surface area contributed by atoms with E-state index in [1.807, 2.05) is 25.3 Å². The summed E-state index contributed by atoms with van der Waals surface area (Å²) in [6.45, 7) is 5.94. The summed E-state index contributed by atoms with van der Waals surface area (Å²) in [5.74, 6) is 0.725. The maximum absolute atomic E-state index is 11.7.